The number of aliphatic hydroxyl groups excluding tert-OH is 1. The molecule has 1 unspecified atom stereocenters. The predicted molar refractivity (Wildman–Crippen MR) is 79.3 cm³/mol. The summed E-state index contributed by atoms with van der Waals surface area (Å²) < 4.78 is 0. The Balaban J connectivity index is 2.17. The van der Waals surface area contributed by atoms with Crippen molar-refractivity contribution in [1.82, 2.24) is 5.32 Å². The van der Waals surface area contributed by atoms with Gasteiger partial charge in [0, 0.05) is 11.6 Å². The minimum Gasteiger partial charge on any atom is -0.384 e. The highest BCUT2D eigenvalue weighted by Crippen LogP contribution is 2.37. The quantitative estimate of drug-likeness (QED) is 0.811. The first-order valence-corrected chi connectivity index (χ1v) is 7.04. The smallest absolute Gasteiger partial charge is 0.252 e. The van der Waals surface area contributed by atoms with Crippen LogP contribution in [0, 0.1) is 17.3 Å². The van der Waals surface area contributed by atoms with Crippen molar-refractivity contribution in [2.45, 2.75) is 39.2 Å². The Hall–Kier alpha value is -1.79. The minimum atomic E-state index is -0.203. The lowest BCUT2D eigenvalue weighted by Crippen LogP contribution is -2.41. The number of carbonyl (C=O) groups excluding carboxylic acids is 1. The molecule has 1 amide bonds. The van der Waals surface area contributed by atoms with E-state index in [0.717, 1.165) is 19.3 Å². The number of aliphatic hydroxyl groups is 1. The fourth-order valence-electron chi connectivity index (χ4n) is 2.76. The molecule has 1 aliphatic carbocycles. The molecule has 3 heteroatoms. The van der Waals surface area contributed by atoms with Gasteiger partial charge in [0.2, 0.25) is 0 Å². The fourth-order valence-corrected chi connectivity index (χ4v) is 2.76. The Morgan fingerprint density at radius 1 is 1.45 bits per heavy atom. The Labute approximate surface area is 120 Å². The second kappa shape index (κ2) is 6.11. The van der Waals surface area contributed by atoms with E-state index in [4.69, 9.17) is 5.11 Å². The van der Waals surface area contributed by atoms with Crippen LogP contribution < -0.4 is 5.32 Å². The average Bonchev–Trinajstić information content (AvgIpc) is 2.76. The number of benzene rings is 1. The Bertz CT molecular complexity index is 552. The first kappa shape index (κ1) is 14.6. The fraction of sp³-hybridized carbons (Fsp3) is 0.471. The predicted octanol–water partition coefficient (Wildman–Crippen LogP) is 2.34. The summed E-state index contributed by atoms with van der Waals surface area (Å²) in [4.78, 5) is 12.4. The standard InChI is InChI=1S/C17H21NO2/c1-17(2)11-5-10-15(17)18-16(20)14-9-4-3-7-13(14)8-6-12-19/h3-4,7,9,15,19H,5,10-12H2,1-2H3,(H,18,20). The monoisotopic (exact) mass is 271 g/mol. The van der Waals surface area contributed by atoms with Crippen LogP contribution in [0.2, 0.25) is 0 Å². The van der Waals surface area contributed by atoms with E-state index in [1.54, 1.807) is 12.1 Å². The van der Waals surface area contributed by atoms with Crippen LogP contribution in [0.25, 0.3) is 0 Å². The van der Waals surface area contributed by atoms with Gasteiger partial charge in [-0.05, 0) is 30.4 Å². The first-order valence-electron chi connectivity index (χ1n) is 7.04. The number of carbonyl (C=O) groups is 1. The van der Waals surface area contributed by atoms with Crippen molar-refractivity contribution in [3.05, 3.63) is 35.4 Å². The Kier molecular flexibility index (Phi) is 4.46. The van der Waals surface area contributed by atoms with E-state index in [0.29, 0.717) is 11.1 Å². The summed E-state index contributed by atoms with van der Waals surface area (Å²) in [6.45, 7) is 4.19. The van der Waals surface area contributed by atoms with Crippen LogP contribution in [-0.4, -0.2) is 23.7 Å². The topological polar surface area (TPSA) is 49.3 Å². The molecule has 0 spiro atoms. The molecule has 1 aromatic rings. The van der Waals surface area contributed by atoms with Gasteiger partial charge in [-0.2, -0.15) is 0 Å². The molecule has 0 heterocycles. The number of amides is 1. The summed E-state index contributed by atoms with van der Waals surface area (Å²) in [5.41, 5.74) is 1.40. The van der Waals surface area contributed by atoms with Gasteiger partial charge in [-0.15, -0.1) is 0 Å². The zero-order chi connectivity index (χ0) is 14.6. The van der Waals surface area contributed by atoms with E-state index >= 15 is 0 Å². The molecule has 1 fully saturated rings. The van der Waals surface area contributed by atoms with Gasteiger partial charge >= 0.3 is 0 Å². The lowest BCUT2D eigenvalue weighted by Gasteiger charge is -2.28. The number of nitrogens with one attached hydrogen (secondary N) is 1. The molecule has 0 aliphatic heterocycles. The number of rotatable bonds is 2. The van der Waals surface area contributed by atoms with Gasteiger partial charge in [0.1, 0.15) is 6.61 Å². The third kappa shape index (κ3) is 3.20. The molecule has 0 bridgehead atoms. The lowest BCUT2D eigenvalue weighted by atomic mass is 9.87. The maximum absolute atomic E-state index is 12.4. The number of hydrogen-bond donors (Lipinski definition) is 2. The summed E-state index contributed by atoms with van der Waals surface area (Å²) in [6, 6.07) is 7.47. The van der Waals surface area contributed by atoms with Gasteiger partial charge in [-0.3, -0.25) is 4.79 Å². The van der Waals surface area contributed by atoms with Gasteiger partial charge in [0.05, 0.1) is 5.56 Å². The highest BCUT2D eigenvalue weighted by molar-refractivity contribution is 5.97. The summed E-state index contributed by atoms with van der Waals surface area (Å²) in [5, 5.41) is 11.9. The summed E-state index contributed by atoms with van der Waals surface area (Å²) in [5.74, 6) is 5.35. The Morgan fingerprint density at radius 3 is 2.85 bits per heavy atom. The van der Waals surface area contributed by atoms with E-state index in [-0.39, 0.29) is 24.0 Å². The van der Waals surface area contributed by atoms with Crippen LogP contribution in [0.5, 0.6) is 0 Å². The van der Waals surface area contributed by atoms with Gasteiger partial charge in [0.15, 0.2) is 0 Å². The molecule has 2 N–H and O–H groups in total. The average molecular weight is 271 g/mol. The molecule has 106 valence electrons. The molecule has 0 aromatic heterocycles. The largest absolute Gasteiger partial charge is 0.384 e. The van der Waals surface area contributed by atoms with Crippen molar-refractivity contribution in [2.24, 2.45) is 5.41 Å². The van der Waals surface area contributed by atoms with Crippen molar-refractivity contribution in [3.63, 3.8) is 0 Å². The normalized spacial score (nSPS) is 20.1. The highest BCUT2D eigenvalue weighted by atomic mass is 16.2. The molecule has 1 atom stereocenters. The van der Waals surface area contributed by atoms with Gasteiger partial charge < -0.3 is 10.4 Å². The van der Waals surface area contributed by atoms with Gasteiger partial charge in [-0.25, -0.2) is 0 Å². The van der Waals surface area contributed by atoms with Crippen molar-refractivity contribution in [3.8, 4) is 11.8 Å². The van der Waals surface area contributed by atoms with E-state index in [1.165, 1.54) is 0 Å². The third-order valence-corrected chi connectivity index (χ3v) is 4.04. The second-order valence-corrected chi connectivity index (χ2v) is 5.91. The van der Waals surface area contributed by atoms with E-state index in [9.17, 15) is 4.79 Å². The van der Waals surface area contributed by atoms with Gasteiger partial charge in [0.25, 0.3) is 5.91 Å². The zero-order valence-corrected chi connectivity index (χ0v) is 12.1. The highest BCUT2D eigenvalue weighted by Gasteiger charge is 2.35. The van der Waals surface area contributed by atoms with Crippen LogP contribution in [0.1, 0.15) is 49.0 Å². The van der Waals surface area contributed by atoms with Crippen LogP contribution in [0.3, 0.4) is 0 Å². The van der Waals surface area contributed by atoms with E-state index < -0.39 is 0 Å². The SMILES string of the molecule is CC1(C)CCCC1NC(=O)c1ccccc1C#CCO. The van der Waals surface area contributed by atoms with Gasteiger partial charge in [-0.1, -0.05) is 44.2 Å². The molecule has 0 saturated heterocycles. The molecular weight excluding hydrogens is 250 g/mol. The molecule has 1 aromatic carbocycles. The molecular formula is C17H21NO2. The van der Waals surface area contributed by atoms with Crippen LogP contribution >= 0.6 is 0 Å². The second-order valence-electron chi connectivity index (χ2n) is 5.91. The molecule has 1 aliphatic rings. The van der Waals surface area contributed by atoms with Crippen LogP contribution in [0.4, 0.5) is 0 Å². The Morgan fingerprint density at radius 2 is 2.20 bits per heavy atom. The van der Waals surface area contributed by atoms with Crippen LogP contribution in [0.15, 0.2) is 24.3 Å². The molecule has 0 radical (unpaired) electrons. The molecule has 20 heavy (non-hydrogen) atoms. The maximum atomic E-state index is 12.4. The minimum absolute atomic E-state index is 0.0761. The summed E-state index contributed by atoms with van der Waals surface area (Å²) in [6.07, 6.45) is 3.33. The molecule has 1 saturated carbocycles. The van der Waals surface area contributed by atoms with Crippen molar-refractivity contribution in [2.75, 3.05) is 6.61 Å². The molecule has 2 rings (SSSR count). The summed E-state index contributed by atoms with van der Waals surface area (Å²) >= 11 is 0. The van der Waals surface area contributed by atoms with Crippen molar-refractivity contribution >= 4 is 5.91 Å². The number of hydrogen-bond acceptors (Lipinski definition) is 2. The first-order chi connectivity index (χ1) is 9.54. The zero-order valence-electron chi connectivity index (χ0n) is 12.1. The van der Waals surface area contributed by atoms with E-state index in [2.05, 4.69) is 31.0 Å². The van der Waals surface area contributed by atoms with Crippen LogP contribution in [-0.2, 0) is 0 Å². The molecule has 3 nitrogen and oxygen atoms in total. The third-order valence-electron chi connectivity index (χ3n) is 4.04. The van der Waals surface area contributed by atoms with Crippen molar-refractivity contribution < 1.29 is 9.90 Å². The summed E-state index contributed by atoms with van der Waals surface area (Å²) in [7, 11) is 0. The lowest BCUT2D eigenvalue weighted by molar-refractivity contribution is 0.0910. The van der Waals surface area contributed by atoms with Crippen molar-refractivity contribution in [1.29, 1.82) is 0 Å². The maximum Gasteiger partial charge on any atom is 0.252 e. The van der Waals surface area contributed by atoms with E-state index in [1.807, 2.05) is 12.1 Å².